The summed E-state index contributed by atoms with van der Waals surface area (Å²) in [6, 6.07) is 6.80. The molecule has 1 unspecified atom stereocenters. The highest BCUT2D eigenvalue weighted by Crippen LogP contribution is 2.21. The van der Waals surface area contributed by atoms with Gasteiger partial charge in [-0.1, -0.05) is 20.8 Å². The van der Waals surface area contributed by atoms with Crippen molar-refractivity contribution in [1.82, 2.24) is 5.32 Å². The van der Waals surface area contributed by atoms with Crippen molar-refractivity contribution < 1.29 is 17.9 Å². The molecule has 0 aliphatic heterocycles. The number of hydrogen-bond donors (Lipinski definition) is 1. The third kappa shape index (κ3) is 5.70. The molecule has 0 heterocycles. The van der Waals surface area contributed by atoms with Crippen molar-refractivity contribution in [3.8, 4) is 5.75 Å². The first kappa shape index (κ1) is 20.3. The minimum Gasteiger partial charge on any atom is -0.481 e. The van der Waals surface area contributed by atoms with Crippen molar-refractivity contribution in [2.45, 2.75) is 52.2 Å². The van der Waals surface area contributed by atoms with Gasteiger partial charge in [0.25, 0.3) is 5.91 Å². The second-order valence-electron chi connectivity index (χ2n) is 5.76. The normalized spacial score (nSPS) is 12.8. The van der Waals surface area contributed by atoms with Crippen LogP contribution in [0.5, 0.6) is 5.75 Å². The second kappa shape index (κ2) is 8.92. The van der Waals surface area contributed by atoms with Crippen LogP contribution in [-0.4, -0.2) is 39.8 Å². The van der Waals surface area contributed by atoms with Crippen molar-refractivity contribution in [3.63, 3.8) is 0 Å². The Labute approximate surface area is 145 Å². The predicted octanol–water partition coefficient (Wildman–Crippen LogP) is 2.54. The Morgan fingerprint density at radius 3 is 2.08 bits per heavy atom. The van der Waals surface area contributed by atoms with Crippen LogP contribution in [-0.2, 0) is 14.8 Å². The van der Waals surface area contributed by atoms with Crippen LogP contribution in [0.4, 0.5) is 5.69 Å². The smallest absolute Gasteiger partial charge is 0.261 e. The van der Waals surface area contributed by atoms with Gasteiger partial charge in [-0.15, -0.1) is 0 Å². The standard InChI is InChI=1S/C17H28N2O4S/c1-6-13(7-2)18-17(20)16(8-3)23-15-11-9-14(10-12-15)19(4)24(5,21)22/h9-13,16H,6-8H2,1-5H3,(H,18,20). The molecule has 1 N–H and O–H groups in total. The number of amides is 1. The lowest BCUT2D eigenvalue weighted by Crippen LogP contribution is -2.43. The lowest BCUT2D eigenvalue weighted by atomic mass is 10.1. The molecule has 24 heavy (non-hydrogen) atoms. The van der Waals surface area contributed by atoms with E-state index in [-0.39, 0.29) is 11.9 Å². The Kier molecular flexibility index (Phi) is 7.54. The number of carbonyl (C=O) groups excluding carboxylic acids is 1. The Morgan fingerprint density at radius 2 is 1.67 bits per heavy atom. The van der Waals surface area contributed by atoms with Gasteiger partial charge in [-0.05, 0) is 43.5 Å². The molecule has 1 amide bonds. The summed E-state index contributed by atoms with van der Waals surface area (Å²) in [5.74, 6) is 0.413. The van der Waals surface area contributed by atoms with E-state index >= 15 is 0 Å². The first-order chi connectivity index (χ1) is 11.2. The van der Waals surface area contributed by atoms with E-state index in [9.17, 15) is 13.2 Å². The molecule has 1 aromatic rings. The van der Waals surface area contributed by atoms with E-state index in [1.165, 1.54) is 11.4 Å². The number of benzene rings is 1. The maximum atomic E-state index is 12.3. The van der Waals surface area contributed by atoms with Crippen molar-refractivity contribution in [2.24, 2.45) is 0 Å². The van der Waals surface area contributed by atoms with Crippen LogP contribution in [0.15, 0.2) is 24.3 Å². The fraction of sp³-hybridized carbons (Fsp3) is 0.588. The topological polar surface area (TPSA) is 75.7 Å². The molecule has 0 radical (unpaired) electrons. The summed E-state index contributed by atoms with van der Waals surface area (Å²) in [6.07, 6.45) is 2.89. The summed E-state index contributed by atoms with van der Waals surface area (Å²) in [4.78, 5) is 12.3. The molecule has 0 bridgehead atoms. The first-order valence-electron chi connectivity index (χ1n) is 8.23. The molecule has 0 aliphatic carbocycles. The second-order valence-corrected chi connectivity index (χ2v) is 7.77. The highest BCUT2D eigenvalue weighted by Gasteiger charge is 2.20. The molecule has 6 nitrogen and oxygen atoms in total. The van der Waals surface area contributed by atoms with Crippen molar-refractivity contribution in [2.75, 3.05) is 17.6 Å². The third-order valence-corrected chi connectivity index (χ3v) is 5.18. The Bertz CT molecular complexity index is 624. The van der Waals surface area contributed by atoms with E-state index in [0.717, 1.165) is 19.1 Å². The van der Waals surface area contributed by atoms with Crippen LogP contribution < -0.4 is 14.4 Å². The zero-order valence-corrected chi connectivity index (χ0v) is 15.9. The maximum absolute atomic E-state index is 12.3. The fourth-order valence-electron chi connectivity index (χ4n) is 2.20. The number of nitrogens with zero attached hydrogens (tertiary/aromatic N) is 1. The van der Waals surface area contributed by atoms with Crippen LogP contribution in [0.3, 0.4) is 0 Å². The molecule has 1 rings (SSSR count). The largest absolute Gasteiger partial charge is 0.481 e. The summed E-state index contributed by atoms with van der Waals surface area (Å²) in [7, 11) is -1.81. The molecular formula is C17H28N2O4S. The lowest BCUT2D eigenvalue weighted by molar-refractivity contribution is -0.128. The molecular weight excluding hydrogens is 328 g/mol. The van der Waals surface area contributed by atoms with Gasteiger partial charge in [0.1, 0.15) is 5.75 Å². The van der Waals surface area contributed by atoms with E-state index < -0.39 is 16.1 Å². The molecule has 0 spiro atoms. The van der Waals surface area contributed by atoms with Crippen LogP contribution >= 0.6 is 0 Å². The van der Waals surface area contributed by atoms with Crippen LogP contribution in [0, 0.1) is 0 Å². The van der Waals surface area contributed by atoms with Crippen LogP contribution in [0.2, 0.25) is 0 Å². The van der Waals surface area contributed by atoms with Crippen LogP contribution in [0.1, 0.15) is 40.0 Å². The number of rotatable bonds is 9. The van der Waals surface area contributed by atoms with Gasteiger partial charge in [-0.25, -0.2) is 8.42 Å². The number of hydrogen-bond acceptors (Lipinski definition) is 4. The highest BCUT2D eigenvalue weighted by molar-refractivity contribution is 7.92. The van der Waals surface area contributed by atoms with E-state index in [4.69, 9.17) is 4.74 Å². The SMILES string of the molecule is CCC(CC)NC(=O)C(CC)Oc1ccc(N(C)S(C)(=O)=O)cc1. The summed E-state index contributed by atoms with van der Waals surface area (Å²) >= 11 is 0. The number of anilines is 1. The lowest BCUT2D eigenvalue weighted by Gasteiger charge is -2.22. The molecule has 0 aromatic heterocycles. The van der Waals surface area contributed by atoms with E-state index in [0.29, 0.717) is 17.9 Å². The van der Waals surface area contributed by atoms with E-state index in [1.54, 1.807) is 24.3 Å². The third-order valence-electron chi connectivity index (χ3n) is 3.97. The van der Waals surface area contributed by atoms with Crippen molar-refractivity contribution in [1.29, 1.82) is 0 Å². The monoisotopic (exact) mass is 356 g/mol. The average molecular weight is 356 g/mol. The molecule has 7 heteroatoms. The molecule has 136 valence electrons. The molecule has 0 fully saturated rings. The highest BCUT2D eigenvalue weighted by atomic mass is 32.2. The van der Waals surface area contributed by atoms with E-state index in [1.807, 2.05) is 20.8 Å². The van der Waals surface area contributed by atoms with Gasteiger partial charge >= 0.3 is 0 Å². The Balaban J connectivity index is 2.78. The van der Waals surface area contributed by atoms with Gasteiger partial charge in [0, 0.05) is 13.1 Å². The number of ether oxygens (including phenoxy) is 1. The predicted molar refractivity (Wildman–Crippen MR) is 96.9 cm³/mol. The van der Waals surface area contributed by atoms with Crippen molar-refractivity contribution >= 4 is 21.6 Å². The average Bonchev–Trinajstić information content (AvgIpc) is 2.56. The quantitative estimate of drug-likeness (QED) is 0.738. The number of carbonyl (C=O) groups is 1. The molecule has 0 saturated carbocycles. The molecule has 0 aliphatic rings. The first-order valence-corrected chi connectivity index (χ1v) is 10.1. The molecule has 1 atom stereocenters. The summed E-state index contributed by atoms with van der Waals surface area (Å²) in [5.41, 5.74) is 0.541. The zero-order valence-electron chi connectivity index (χ0n) is 15.1. The van der Waals surface area contributed by atoms with Gasteiger partial charge in [0.2, 0.25) is 10.0 Å². The maximum Gasteiger partial charge on any atom is 0.261 e. The zero-order chi connectivity index (χ0) is 18.3. The molecule has 0 saturated heterocycles. The van der Waals surface area contributed by atoms with Crippen LogP contribution in [0.25, 0.3) is 0 Å². The number of sulfonamides is 1. The van der Waals surface area contributed by atoms with Gasteiger partial charge in [0.15, 0.2) is 6.10 Å². The van der Waals surface area contributed by atoms with E-state index in [2.05, 4.69) is 5.32 Å². The Morgan fingerprint density at radius 1 is 1.12 bits per heavy atom. The van der Waals surface area contributed by atoms with Gasteiger partial charge in [0.05, 0.1) is 11.9 Å². The van der Waals surface area contributed by atoms with Gasteiger partial charge < -0.3 is 10.1 Å². The summed E-state index contributed by atoms with van der Waals surface area (Å²) in [5, 5.41) is 2.99. The summed E-state index contributed by atoms with van der Waals surface area (Å²) in [6.45, 7) is 5.96. The molecule has 1 aromatic carbocycles. The fourth-order valence-corrected chi connectivity index (χ4v) is 2.70. The minimum absolute atomic E-state index is 0.122. The Hall–Kier alpha value is -1.76. The summed E-state index contributed by atoms with van der Waals surface area (Å²) < 4.78 is 30.0. The van der Waals surface area contributed by atoms with Gasteiger partial charge in [-0.2, -0.15) is 0 Å². The minimum atomic E-state index is -3.30. The van der Waals surface area contributed by atoms with Gasteiger partial charge in [-0.3, -0.25) is 9.10 Å². The number of nitrogens with one attached hydrogen (secondary N) is 1. The van der Waals surface area contributed by atoms with Crippen molar-refractivity contribution in [3.05, 3.63) is 24.3 Å².